The van der Waals surface area contributed by atoms with E-state index in [0.29, 0.717) is 0 Å². The number of carbonyl (C=O) groups is 1. The molecule has 16 heavy (non-hydrogen) atoms. The van der Waals surface area contributed by atoms with Crippen LogP contribution in [0.3, 0.4) is 0 Å². The summed E-state index contributed by atoms with van der Waals surface area (Å²) >= 11 is 0. The lowest BCUT2D eigenvalue weighted by Gasteiger charge is -2.15. The molecule has 1 aliphatic rings. The summed E-state index contributed by atoms with van der Waals surface area (Å²) in [5, 5.41) is 3.28. The largest absolute Gasteiger partial charge is 0.316 e. The first kappa shape index (κ1) is 12.7. The molecule has 0 saturated heterocycles. The van der Waals surface area contributed by atoms with Gasteiger partial charge in [-0.3, -0.25) is 4.79 Å². The van der Waals surface area contributed by atoms with Crippen LogP contribution >= 0.6 is 0 Å². The molecule has 0 atom stereocenters. The van der Waals surface area contributed by atoms with Crippen molar-refractivity contribution in [1.29, 1.82) is 0 Å². The summed E-state index contributed by atoms with van der Waals surface area (Å²) in [6.07, 6.45) is 0. The number of benzene rings is 1. The Morgan fingerprint density at radius 3 is 2.50 bits per heavy atom. The number of anilines is 1. The maximum atomic E-state index is 11.2. The summed E-state index contributed by atoms with van der Waals surface area (Å²) in [6, 6.07) is 6.16. The van der Waals surface area contributed by atoms with Gasteiger partial charge >= 0.3 is 0 Å². The van der Waals surface area contributed by atoms with Crippen molar-refractivity contribution in [2.75, 3.05) is 11.9 Å². The highest BCUT2D eigenvalue weighted by atomic mass is 16.2. The molecule has 0 radical (unpaired) electrons. The van der Waals surface area contributed by atoms with Gasteiger partial charge in [-0.25, -0.2) is 0 Å². The maximum Gasteiger partial charge on any atom is 0.223 e. The third-order valence-electron chi connectivity index (χ3n) is 2.68. The zero-order valence-corrected chi connectivity index (χ0v) is 10.5. The van der Waals surface area contributed by atoms with E-state index in [1.807, 2.05) is 19.9 Å². The van der Waals surface area contributed by atoms with Crippen LogP contribution in [0.1, 0.15) is 31.9 Å². The molecule has 0 unspecified atom stereocenters. The Hall–Kier alpha value is -1.35. The molecule has 1 aromatic rings. The van der Waals surface area contributed by atoms with Crippen LogP contribution < -0.4 is 10.2 Å². The highest BCUT2D eigenvalue weighted by Crippen LogP contribution is 2.22. The van der Waals surface area contributed by atoms with E-state index in [0.717, 1.165) is 18.8 Å². The number of rotatable bonds is 1. The number of hydrogen-bond acceptors (Lipinski definition) is 2. The molecular formula is C13H20N2O. The van der Waals surface area contributed by atoms with E-state index >= 15 is 0 Å². The Kier molecular flexibility index (Phi) is 4.50. The monoisotopic (exact) mass is 220 g/mol. The van der Waals surface area contributed by atoms with Gasteiger partial charge in [0.15, 0.2) is 0 Å². The van der Waals surface area contributed by atoms with E-state index < -0.39 is 0 Å². The fourth-order valence-electron chi connectivity index (χ4n) is 1.67. The van der Waals surface area contributed by atoms with Gasteiger partial charge in [0.1, 0.15) is 0 Å². The van der Waals surface area contributed by atoms with Crippen molar-refractivity contribution in [3.05, 3.63) is 29.3 Å². The van der Waals surface area contributed by atoms with Crippen LogP contribution in [0.5, 0.6) is 0 Å². The van der Waals surface area contributed by atoms with Crippen LogP contribution in [0.15, 0.2) is 18.2 Å². The molecule has 0 bridgehead atoms. The molecule has 0 saturated carbocycles. The Labute approximate surface area is 97.5 Å². The van der Waals surface area contributed by atoms with Crippen LogP contribution in [0.4, 0.5) is 5.69 Å². The number of fused-ring (bicyclic) bond motifs is 1. The zero-order valence-electron chi connectivity index (χ0n) is 10.5. The molecular weight excluding hydrogens is 200 g/mol. The standard InChI is InChI=1S/C11H14N2O.C2H6/c1-8(14)13(2)11-4-3-9-6-12-7-10(9)5-11;1-2/h3-5,12H,6-7H2,1-2H3;1-2H3. The minimum absolute atomic E-state index is 0.0657. The average Bonchev–Trinajstić information content (AvgIpc) is 2.77. The molecule has 0 aromatic heterocycles. The van der Waals surface area contributed by atoms with E-state index in [1.165, 1.54) is 11.1 Å². The van der Waals surface area contributed by atoms with E-state index in [1.54, 1.807) is 18.9 Å². The molecule has 1 aromatic carbocycles. The van der Waals surface area contributed by atoms with Crippen molar-refractivity contribution >= 4 is 11.6 Å². The van der Waals surface area contributed by atoms with Gasteiger partial charge in [-0.05, 0) is 23.3 Å². The predicted octanol–water partition coefficient (Wildman–Crippen LogP) is 2.30. The summed E-state index contributed by atoms with van der Waals surface area (Å²) in [5.74, 6) is 0.0657. The smallest absolute Gasteiger partial charge is 0.223 e. The lowest BCUT2D eigenvalue weighted by Crippen LogP contribution is -2.22. The molecule has 0 fully saturated rings. The number of hydrogen-bond donors (Lipinski definition) is 1. The lowest BCUT2D eigenvalue weighted by atomic mass is 10.1. The first-order chi connectivity index (χ1) is 7.68. The van der Waals surface area contributed by atoms with Crippen molar-refractivity contribution < 1.29 is 4.79 Å². The average molecular weight is 220 g/mol. The van der Waals surface area contributed by atoms with Crippen molar-refractivity contribution in [3.8, 4) is 0 Å². The fourth-order valence-corrected chi connectivity index (χ4v) is 1.67. The van der Waals surface area contributed by atoms with E-state index in [-0.39, 0.29) is 5.91 Å². The molecule has 0 spiro atoms. The van der Waals surface area contributed by atoms with Gasteiger partial charge in [0.2, 0.25) is 5.91 Å². The number of carbonyl (C=O) groups excluding carboxylic acids is 1. The minimum atomic E-state index is 0.0657. The van der Waals surface area contributed by atoms with Crippen molar-refractivity contribution in [3.63, 3.8) is 0 Å². The highest BCUT2D eigenvalue weighted by molar-refractivity contribution is 5.90. The molecule has 3 nitrogen and oxygen atoms in total. The Bertz CT molecular complexity index is 374. The summed E-state index contributed by atoms with van der Waals surface area (Å²) in [4.78, 5) is 12.8. The number of nitrogens with one attached hydrogen (secondary N) is 1. The number of amides is 1. The lowest BCUT2D eigenvalue weighted by molar-refractivity contribution is -0.116. The second kappa shape index (κ2) is 5.66. The van der Waals surface area contributed by atoms with Gasteiger partial charge in [0, 0.05) is 32.7 Å². The minimum Gasteiger partial charge on any atom is -0.316 e. The normalized spacial score (nSPS) is 12.5. The molecule has 3 heteroatoms. The van der Waals surface area contributed by atoms with Gasteiger partial charge in [-0.15, -0.1) is 0 Å². The van der Waals surface area contributed by atoms with Crippen LogP contribution in [-0.4, -0.2) is 13.0 Å². The first-order valence-corrected chi connectivity index (χ1v) is 5.75. The topological polar surface area (TPSA) is 32.3 Å². The first-order valence-electron chi connectivity index (χ1n) is 5.75. The van der Waals surface area contributed by atoms with Gasteiger partial charge in [-0.1, -0.05) is 19.9 Å². The zero-order chi connectivity index (χ0) is 12.1. The molecule has 1 amide bonds. The Balaban J connectivity index is 0.000000606. The van der Waals surface area contributed by atoms with E-state index in [4.69, 9.17) is 0 Å². The molecule has 1 N–H and O–H groups in total. The van der Waals surface area contributed by atoms with Crippen molar-refractivity contribution in [2.45, 2.75) is 33.9 Å². The van der Waals surface area contributed by atoms with Crippen LogP contribution in [-0.2, 0) is 17.9 Å². The summed E-state index contributed by atoms with van der Waals surface area (Å²) in [5.41, 5.74) is 3.61. The summed E-state index contributed by atoms with van der Waals surface area (Å²) in [7, 11) is 1.80. The maximum absolute atomic E-state index is 11.2. The highest BCUT2D eigenvalue weighted by Gasteiger charge is 2.12. The van der Waals surface area contributed by atoms with Gasteiger partial charge in [0.25, 0.3) is 0 Å². The summed E-state index contributed by atoms with van der Waals surface area (Å²) < 4.78 is 0. The van der Waals surface area contributed by atoms with E-state index in [9.17, 15) is 4.79 Å². The summed E-state index contributed by atoms with van der Waals surface area (Å²) in [6.45, 7) is 7.43. The SMILES string of the molecule is CC.CC(=O)N(C)c1ccc2c(c1)CNC2. The third-order valence-corrected chi connectivity index (χ3v) is 2.68. The number of nitrogens with zero attached hydrogens (tertiary/aromatic N) is 1. The second-order valence-corrected chi connectivity index (χ2v) is 3.63. The van der Waals surface area contributed by atoms with E-state index in [2.05, 4.69) is 17.4 Å². The quantitative estimate of drug-likeness (QED) is 0.787. The second-order valence-electron chi connectivity index (χ2n) is 3.63. The molecule has 0 aliphatic carbocycles. The Morgan fingerprint density at radius 2 is 1.88 bits per heavy atom. The van der Waals surface area contributed by atoms with Crippen LogP contribution in [0, 0.1) is 0 Å². The van der Waals surface area contributed by atoms with Crippen LogP contribution in [0.25, 0.3) is 0 Å². The molecule has 1 heterocycles. The molecule has 88 valence electrons. The molecule has 2 rings (SSSR count). The Morgan fingerprint density at radius 1 is 1.25 bits per heavy atom. The van der Waals surface area contributed by atoms with Crippen LogP contribution in [0.2, 0.25) is 0 Å². The fraction of sp³-hybridized carbons (Fsp3) is 0.462. The third kappa shape index (κ3) is 2.61. The van der Waals surface area contributed by atoms with Crippen molar-refractivity contribution in [2.24, 2.45) is 0 Å². The van der Waals surface area contributed by atoms with Gasteiger partial charge < -0.3 is 10.2 Å². The van der Waals surface area contributed by atoms with Gasteiger partial charge in [-0.2, -0.15) is 0 Å². The van der Waals surface area contributed by atoms with Crippen molar-refractivity contribution in [1.82, 2.24) is 5.32 Å². The van der Waals surface area contributed by atoms with Gasteiger partial charge in [0.05, 0.1) is 0 Å². The molecule has 1 aliphatic heterocycles. The predicted molar refractivity (Wildman–Crippen MR) is 67.4 cm³/mol.